The van der Waals surface area contributed by atoms with Crippen LogP contribution in [0.25, 0.3) is 11.3 Å². The lowest BCUT2D eigenvalue weighted by atomic mass is 9.90. The predicted molar refractivity (Wildman–Crippen MR) is 101 cm³/mol. The maximum Gasteiger partial charge on any atom is 0.277 e. The Hall–Kier alpha value is -2.99. The maximum atomic E-state index is 13.8. The number of nitrogens with zero attached hydrogens (tertiary/aromatic N) is 1. The number of hydrogen-bond acceptors (Lipinski definition) is 4. The Morgan fingerprint density at radius 3 is 2.59 bits per heavy atom. The van der Waals surface area contributed by atoms with Crippen molar-refractivity contribution in [2.45, 2.75) is 18.8 Å². The van der Waals surface area contributed by atoms with Crippen molar-refractivity contribution >= 4 is 11.6 Å². The van der Waals surface area contributed by atoms with Crippen LogP contribution < -0.4 is 10.6 Å². The van der Waals surface area contributed by atoms with E-state index >= 15 is 0 Å². The van der Waals surface area contributed by atoms with Gasteiger partial charge in [-0.25, -0.2) is 4.39 Å². The van der Waals surface area contributed by atoms with Gasteiger partial charge in [0.2, 0.25) is 0 Å². The van der Waals surface area contributed by atoms with Crippen molar-refractivity contribution in [1.29, 1.82) is 0 Å². The Labute approximate surface area is 156 Å². The largest absolute Gasteiger partial charge is 0.355 e. The number of piperidine rings is 1. The molecule has 0 radical (unpaired) electrons. The molecule has 0 saturated carbocycles. The highest BCUT2D eigenvalue weighted by Crippen LogP contribution is 2.27. The molecule has 1 aromatic heterocycles. The SMILES string of the molecule is O=C(Nc1ccc(C2CCNCC2)cc1)c1cc(-c2ccccc2F)on1. The summed E-state index contributed by atoms with van der Waals surface area (Å²) in [6.07, 6.45) is 2.26. The fourth-order valence-electron chi connectivity index (χ4n) is 3.36. The standard InChI is InChI=1S/C21H20FN3O2/c22-18-4-2-1-3-17(18)20-13-19(25-27-20)21(26)24-16-7-5-14(6-8-16)15-9-11-23-12-10-15/h1-8,13,15,23H,9-12H2,(H,24,26). The molecule has 1 aliphatic rings. The van der Waals surface area contributed by atoms with Gasteiger partial charge in [0.1, 0.15) is 5.82 Å². The molecular formula is C21H20FN3O2. The number of halogens is 1. The number of anilines is 1. The zero-order chi connectivity index (χ0) is 18.6. The van der Waals surface area contributed by atoms with Gasteiger partial charge in [-0.05, 0) is 61.7 Å². The number of rotatable bonds is 4. The molecule has 1 amide bonds. The van der Waals surface area contributed by atoms with Gasteiger partial charge in [0, 0.05) is 11.8 Å². The van der Waals surface area contributed by atoms with Gasteiger partial charge in [-0.1, -0.05) is 29.4 Å². The molecule has 1 saturated heterocycles. The molecule has 6 heteroatoms. The van der Waals surface area contributed by atoms with E-state index in [2.05, 4.69) is 27.9 Å². The quantitative estimate of drug-likeness (QED) is 0.727. The lowest BCUT2D eigenvalue weighted by molar-refractivity contribution is 0.101. The first-order chi connectivity index (χ1) is 13.2. The van der Waals surface area contributed by atoms with E-state index in [1.54, 1.807) is 18.2 Å². The van der Waals surface area contributed by atoms with Crippen LogP contribution in [0.5, 0.6) is 0 Å². The van der Waals surface area contributed by atoms with Crippen LogP contribution >= 0.6 is 0 Å². The molecule has 0 spiro atoms. The molecule has 0 bridgehead atoms. The van der Waals surface area contributed by atoms with Gasteiger partial charge < -0.3 is 15.2 Å². The van der Waals surface area contributed by atoms with E-state index in [0.717, 1.165) is 25.9 Å². The fourth-order valence-corrected chi connectivity index (χ4v) is 3.36. The Kier molecular flexibility index (Phi) is 4.98. The van der Waals surface area contributed by atoms with Crippen molar-refractivity contribution in [1.82, 2.24) is 10.5 Å². The predicted octanol–water partition coefficient (Wildman–Crippen LogP) is 4.20. The molecule has 4 rings (SSSR count). The second kappa shape index (κ2) is 7.72. The summed E-state index contributed by atoms with van der Waals surface area (Å²) >= 11 is 0. The third-order valence-electron chi connectivity index (χ3n) is 4.86. The van der Waals surface area contributed by atoms with Crippen molar-refractivity contribution in [3.8, 4) is 11.3 Å². The van der Waals surface area contributed by atoms with Crippen molar-refractivity contribution in [3.05, 3.63) is 71.7 Å². The van der Waals surface area contributed by atoms with Crippen LogP contribution in [0.15, 0.2) is 59.1 Å². The van der Waals surface area contributed by atoms with E-state index < -0.39 is 11.7 Å². The van der Waals surface area contributed by atoms with E-state index in [-0.39, 0.29) is 17.0 Å². The molecule has 1 fully saturated rings. The minimum absolute atomic E-state index is 0.107. The number of aromatic nitrogens is 1. The van der Waals surface area contributed by atoms with Gasteiger partial charge in [-0.15, -0.1) is 0 Å². The number of amides is 1. The van der Waals surface area contributed by atoms with Gasteiger partial charge in [-0.2, -0.15) is 0 Å². The van der Waals surface area contributed by atoms with Crippen molar-refractivity contribution < 1.29 is 13.7 Å². The summed E-state index contributed by atoms with van der Waals surface area (Å²) < 4.78 is 19.0. The van der Waals surface area contributed by atoms with Crippen LogP contribution in [0.4, 0.5) is 10.1 Å². The highest BCUT2D eigenvalue weighted by Gasteiger charge is 2.17. The normalized spacial score (nSPS) is 14.9. The van der Waals surface area contributed by atoms with E-state index in [4.69, 9.17) is 4.52 Å². The van der Waals surface area contributed by atoms with Gasteiger partial charge in [0.05, 0.1) is 5.56 Å². The number of carbonyl (C=O) groups is 1. The summed E-state index contributed by atoms with van der Waals surface area (Å²) in [4.78, 5) is 12.4. The Bertz CT molecular complexity index is 931. The van der Waals surface area contributed by atoms with Crippen LogP contribution in [0.3, 0.4) is 0 Å². The molecule has 0 unspecified atom stereocenters. The highest BCUT2D eigenvalue weighted by molar-refractivity contribution is 6.03. The molecule has 2 aromatic carbocycles. The average Bonchev–Trinajstić information content (AvgIpc) is 3.20. The number of benzene rings is 2. The van der Waals surface area contributed by atoms with Gasteiger partial charge in [0.15, 0.2) is 11.5 Å². The van der Waals surface area contributed by atoms with Crippen LogP contribution in [0.2, 0.25) is 0 Å². The molecule has 5 nitrogen and oxygen atoms in total. The molecule has 1 aliphatic heterocycles. The second-order valence-corrected chi connectivity index (χ2v) is 6.66. The highest BCUT2D eigenvalue weighted by atomic mass is 19.1. The van der Waals surface area contributed by atoms with Crippen LogP contribution in [-0.2, 0) is 0 Å². The van der Waals surface area contributed by atoms with E-state index in [0.29, 0.717) is 11.6 Å². The van der Waals surface area contributed by atoms with Gasteiger partial charge in [0.25, 0.3) is 5.91 Å². The first kappa shape index (κ1) is 17.4. The van der Waals surface area contributed by atoms with Crippen molar-refractivity contribution in [2.75, 3.05) is 18.4 Å². The Balaban J connectivity index is 1.44. The zero-order valence-electron chi connectivity index (χ0n) is 14.7. The van der Waals surface area contributed by atoms with Crippen LogP contribution in [-0.4, -0.2) is 24.2 Å². The lowest BCUT2D eigenvalue weighted by Crippen LogP contribution is -2.26. The molecule has 2 heterocycles. The first-order valence-electron chi connectivity index (χ1n) is 9.04. The summed E-state index contributed by atoms with van der Waals surface area (Å²) in [6, 6.07) is 15.6. The summed E-state index contributed by atoms with van der Waals surface area (Å²) in [5.74, 6) is -0.0283. The summed E-state index contributed by atoms with van der Waals surface area (Å²) in [6.45, 7) is 2.08. The van der Waals surface area contributed by atoms with Crippen LogP contribution in [0.1, 0.15) is 34.8 Å². The summed E-state index contributed by atoms with van der Waals surface area (Å²) in [7, 11) is 0. The first-order valence-corrected chi connectivity index (χ1v) is 9.04. The van der Waals surface area contributed by atoms with E-state index in [9.17, 15) is 9.18 Å². The molecule has 0 aliphatic carbocycles. The molecule has 138 valence electrons. The van der Waals surface area contributed by atoms with Gasteiger partial charge >= 0.3 is 0 Å². The zero-order valence-corrected chi connectivity index (χ0v) is 14.7. The third-order valence-corrected chi connectivity index (χ3v) is 4.86. The minimum atomic E-state index is -0.422. The van der Waals surface area contributed by atoms with E-state index in [1.165, 1.54) is 17.7 Å². The molecule has 2 N–H and O–H groups in total. The number of hydrogen-bond donors (Lipinski definition) is 2. The van der Waals surface area contributed by atoms with Crippen LogP contribution in [0, 0.1) is 5.82 Å². The summed E-state index contributed by atoms with van der Waals surface area (Å²) in [5.41, 5.74) is 2.36. The maximum absolute atomic E-state index is 13.8. The minimum Gasteiger partial charge on any atom is -0.355 e. The molecule has 27 heavy (non-hydrogen) atoms. The third kappa shape index (κ3) is 3.90. The Morgan fingerprint density at radius 2 is 1.85 bits per heavy atom. The van der Waals surface area contributed by atoms with Crippen molar-refractivity contribution in [2.24, 2.45) is 0 Å². The average molecular weight is 365 g/mol. The monoisotopic (exact) mass is 365 g/mol. The number of carbonyl (C=O) groups excluding carboxylic acids is 1. The van der Waals surface area contributed by atoms with E-state index in [1.807, 2.05) is 12.1 Å². The molecular weight excluding hydrogens is 345 g/mol. The topological polar surface area (TPSA) is 67.2 Å². The fraction of sp³-hybridized carbons (Fsp3) is 0.238. The molecule has 0 atom stereocenters. The lowest BCUT2D eigenvalue weighted by Gasteiger charge is -2.23. The summed E-state index contributed by atoms with van der Waals surface area (Å²) in [5, 5.41) is 9.92. The second-order valence-electron chi connectivity index (χ2n) is 6.66. The smallest absolute Gasteiger partial charge is 0.277 e. The van der Waals surface area contributed by atoms with Gasteiger partial charge in [-0.3, -0.25) is 4.79 Å². The number of nitrogens with one attached hydrogen (secondary N) is 2. The Morgan fingerprint density at radius 1 is 1.11 bits per heavy atom. The molecule has 3 aromatic rings. The van der Waals surface area contributed by atoms with Crippen molar-refractivity contribution in [3.63, 3.8) is 0 Å².